The fourth-order valence-electron chi connectivity index (χ4n) is 3.80. The lowest BCUT2D eigenvalue weighted by atomic mass is 10.2. The molecule has 0 aliphatic carbocycles. The van der Waals surface area contributed by atoms with Gasteiger partial charge in [0.05, 0.1) is 23.9 Å². The van der Waals surface area contributed by atoms with E-state index in [1.54, 1.807) is 18.2 Å². The lowest BCUT2D eigenvalue weighted by molar-refractivity contribution is 0.0615. The van der Waals surface area contributed by atoms with Crippen LogP contribution in [-0.4, -0.2) is 60.4 Å². The topological polar surface area (TPSA) is 97.9 Å². The molecule has 2 aromatic carbocycles. The van der Waals surface area contributed by atoms with Crippen LogP contribution in [0.15, 0.2) is 54.7 Å². The summed E-state index contributed by atoms with van der Waals surface area (Å²) >= 11 is -1.25. The molecule has 0 saturated carbocycles. The molecule has 9 heteroatoms. The van der Waals surface area contributed by atoms with E-state index >= 15 is 0 Å². The highest BCUT2D eigenvalue weighted by molar-refractivity contribution is 14.1. The number of hydrogen-bond acceptors (Lipinski definition) is 8. The number of nitriles is 1. The van der Waals surface area contributed by atoms with Gasteiger partial charge in [0.15, 0.2) is 26.9 Å². The summed E-state index contributed by atoms with van der Waals surface area (Å²) in [7, 11) is 2.02. The Kier molecular flexibility index (Phi) is 13.6. The SMILES string of the molecule is C=C(CN(CI=O)c1cc(C#N)ccc1Oc1ccc(C)cc1)N(C)N1CCCC1.CC(C)NCCN. The minimum atomic E-state index is -1.25. The predicted molar refractivity (Wildman–Crippen MR) is 159 cm³/mol. The largest absolute Gasteiger partial charge is 0.455 e. The minimum absolute atomic E-state index is 0.408. The molecule has 1 heterocycles. The van der Waals surface area contributed by atoms with E-state index in [-0.39, 0.29) is 0 Å². The third-order valence-electron chi connectivity index (χ3n) is 5.91. The first-order valence-electron chi connectivity index (χ1n) is 12.6. The van der Waals surface area contributed by atoms with Gasteiger partial charge in [0, 0.05) is 45.0 Å². The summed E-state index contributed by atoms with van der Waals surface area (Å²) in [6, 6.07) is 15.9. The van der Waals surface area contributed by atoms with Crippen molar-refractivity contribution in [2.24, 2.45) is 5.73 Å². The molecule has 3 N–H and O–H groups in total. The number of halogens is 1. The second-order valence-corrected chi connectivity index (χ2v) is 10.6. The summed E-state index contributed by atoms with van der Waals surface area (Å²) in [4.78, 5) is 2.00. The molecular formula is C28H41IN6O2. The zero-order chi connectivity index (χ0) is 27.2. The molecule has 2 aromatic rings. The van der Waals surface area contributed by atoms with Gasteiger partial charge in [0.2, 0.25) is 0 Å². The summed E-state index contributed by atoms with van der Waals surface area (Å²) in [6.07, 6.45) is 2.37. The first kappa shape index (κ1) is 30.7. The highest BCUT2D eigenvalue weighted by Crippen LogP contribution is 2.35. The highest BCUT2D eigenvalue weighted by Gasteiger charge is 2.21. The van der Waals surface area contributed by atoms with Crippen molar-refractivity contribution in [3.05, 3.63) is 65.9 Å². The molecule has 0 unspecified atom stereocenters. The number of likely N-dealkylation sites (N-methyl/N-ethyl adjacent to an activating group) is 1. The Morgan fingerprint density at radius 1 is 1.24 bits per heavy atom. The van der Waals surface area contributed by atoms with Gasteiger partial charge in [-0.25, -0.2) is 5.01 Å². The number of anilines is 1. The maximum Gasteiger partial charge on any atom is 0.166 e. The van der Waals surface area contributed by atoms with Crippen molar-refractivity contribution in [2.75, 3.05) is 49.2 Å². The Morgan fingerprint density at radius 3 is 2.46 bits per heavy atom. The first-order valence-corrected chi connectivity index (χ1v) is 15.0. The smallest absolute Gasteiger partial charge is 0.166 e. The van der Waals surface area contributed by atoms with Gasteiger partial charge in [-0.3, -0.25) is 3.07 Å². The fourth-order valence-corrected chi connectivity index (χ4v) is 4.74. The molecule has 37 heavy (non-hydrogen) atoms. The normalized spacial score (nSPS) is 13.0. The highest BCUT2D eigenvalue weighted by atomic mass is 127. The second kappa shape index (κ2) is 16.3. The molecule has 1 saturated heterocycles. The average Bonchev–Trinajstić information content (AvgIpc) is 3.43. The number of nitrogens with one attached hydrogen (secondary N) is 1. The van der Waals surface area contributed by atoms with Gasteiger partial charge in [-0.1, -0.05) is 38.1 Å². The van der Waals surface area contributed by atoms with Gasteiger partial charge in [-0.2, -0.15) is 5.26 Å². The summed E-state index contributed by atoms with van der Waals surface area (Å²) in [5.74, 6) is 1.35. The van der Waals surface area contributed by atoms with Crippen LogP contribution in [0.4, 0.5) is 5.69 Å². The lowest BCUT2D eigenvalue weighted by Crippen LogP contribution is -2.40. The summed E-state index contributed by atoms with van der Waals surface area (Å²) in [5, 5.41) is 16.9. The van der Waals surface area contributed by atoms with E-state index in [1.807, 2.05) is 43.1 Å². The number of rotatable bonds is 12. The van der Waals surface area contributed by atoms with Crippen LogP contribution in [0.5, 0.6) is 11.5 Å². The number of benzene rings is 2. The predicted octanol–water partition coefficient (Wildman–Crippen LogP) is 5.14. The zero-order valence-electron chi connectivity index (χ0n) is 22.5. The number of ether oxygens (including phenoxy) is 1. The maximum atomic E-state index is 11.7. The molecule has 0 bridgehead atoms. The van der Waals surface area contributed by atoms with Crippen LogP contribution in [0.3, 0.4) is 0 Å². The van der Waals surface area contributed by atoms with E-state index in [2.05, 4.69) is 41.8 Å². The summed E-state index contributed by atoms with van der Waals surface area (Å²) in [6.45, 7) is 14.7. The van der Waals surface area contributed by atoms with E-state index < -0.39 is 21.2 Å². The third-order valence-corrected chi connectivity index (χ3v) is 7.01. The van der Waals surface area contributed by atoms with Gasteiger partial charge >= 0.3 is 0 Å². The number of alkyl halides is 1. The van der Waals surface area contributed by atoms with E-state index in [1.165, 1.54) is 12.8 Å². The molecule has 0 radical (unpaired) electrons. The van der Waals surface area contributed by atoms with Crippen LogP contribution in [0.25, 0.3) is 0 Å². The Bertz CT molecular complexity index is 1030. The van der Waals surface area contributed by atoms with Crippen LogP contribution in [0, 0.1) is 18.3 Å². The Balaban J connectivity index is 0.000000604. The number of aryl methyl sites for hydroxylation is 1. The minimum Gasteiger partial charge on any atom is -0.455 e. The summed E-state index contributed by atoms with van der Waals surface area (Å²) in [5.41, 5.74) is 8.57. The second-order valence-electron chi connectivity index (χ2n) is 9.28. The molecule has 1 fully saturated rings. The van der Waals surface area contributed by atoms with Crippen molar-refractivity contribution in [1.29, 1.82) is 5.26 Å². The van der Waals surface area contributed by atoms with Gasteiger partial charge in [-0.05, 0) is 50.1 Å². The zero-order valence-corrected chi connectivity index (χ0v) is 24.7. The van der Waals surface area contributed by atoms with Crippen LogP contribution in [-0.2, 0) is 3.07 Å². The van der Waals surface area contributed by atoms with Gasteiger partial charge in [0.1, 0.15) is 10.3 Å². The van der Waals surface area contributed by atoms with Gasteiger partial charge in [-0.15, -0.1) is 0 Å². The average molecular weight is 621 g/mol. The molecule has 8 nitrogen and oxygen atoms in total. The van der Waals surface area contributed by atoms with Crippen molar-refractivity contribution in [3.8, 4) is 17.6 Å². The van der Waals surface area contributed by atoms with Crippen LogP contribution in [0.2, 0.25) is 0 Å². The monoisotopic (exact) mass is 620 g/mol. The van der Waals surface area contributed by atoms with Gasteiger partial charge < -0.3 is 25.7 Å². The molecular weight excluding hydrogens is 579 g/mol. The number of hydrazine groups is 1. The van der Waals surface area contributed by atoms with E-state index in [0.29, 0.717) is 28.5 Å². The Hall–Kier alpha value is -2.52. The number of nitrogens with zero attached hydrogens (tertiary/aromatic N) is 4. The summed E-state index contributed by atoms with van der Waals surface area (Å²) < 4.78 is 18.2. The molecule has 1 aliphatic heterocycles. The molecule has 202 valence electrons. The lowest BCUT2D eigenvalue weighted by Gasteiger charge is -2.34. The van der Waals surface area contributed by atoms with Crippen LogP contribution in [0.1, 0.15) is 37.8 Å². The standard InChI is InChI=1S/C23H27IN4O2.C5H14N2/c1-18-6-9-21(10-7-18)30-23-11-8-20(15-25)14-22(23)27(17-24-29)16-19(2)26(3)28-12-4-5-13-28;1-5(2)7-4-3-6/h6-11,14H,2,4-5,12-13,16-17H2,1,3H3;5,7H,3-4,6H2,1-2H3. The Morgan fingerprint density at radius 2 is 1.92 bits per heavy atom. The Labute approximate surface area is 232 Å². The molecule has 0 atom stereocenters. The van der Waals surface area contributed by atoms with E-state index in [9.17, 15) is 8.33 Å². The quantitative estimate of drug-likeness (QED) is 0.191. The van der Waals surface area contributed by atoms with Crippen molar-refractivity contribution >= 4 is 26.9 Å². The fraction of sp³-hybridized carbons (Fsp3) is 0.464. The molecule has 0 spiro atoms. The van der Waals surface area contributed by atoms with Gasteiger partial charge in [0.25, 0.3) is 0 Å². The number of hydrogen-bond donors (Lipinski definition) is 2. The van der Waals surface area contributed by atoms with Crippen LogP contribution < -0.4 is 20.7 Å². The first-order chi connectivity index (χ1) is 17.8. The molecule has 3 rings (SSSR count). The molecule has 0 amide bonds. The van der Waals surface area contributed by atoms with Crippen molar-refractivity contribution < 1.29 is 7.81 Å². The molecule has 0 aromatic heterocycles. The van der Waals surface area contributed by atoms with Crippen molar-refractivity contribution in [3.63, 3.8) is 0 Å². The molecule has 1 aliphatic rings. The third kappa shape index (κ3) is 10.4. The van der Waals surface area contributed by atoms with E-state index in [0.717, 1.165) is 48.9 Å². The van der Waals surface area contributed by atoms with Crippen molar-refractivity contribution in [2.45, 2.75) is 39.7 Å². The van der Waals surface area contributed by atoms with Crippen LogP contribution >= 0.6 is 21.2 Å². The maximum absolute atomic E-state index is 11.7. The van der Waals surface area contributed by atoms with E-state index in [4.69, 9.17) is 10.5 Å². The van der Waals surface area contributed by atoms with Crippen molar-refractivity contribution in [1.82, 2.24) is 15.3 Å². The number of nitrogens with two attached hydrogens (primary N) is 1.